The van der Waals surface area contributed by atoms with Crippen molar-refractivity contribution in [3.63, 3.8) is 0 Å². The van der Waals surface area contributed by atoms with Crippen molar-refractivity contribution in [2.45, 2.75) is 174 Å². The van der Waals surface area contributed by atoms with Gasteiger partial charge in [0.25, 0.3) is 0 Å². The Morgan fingerprint density at radius 2 is 0.562 bits per heavy atom. The first-order valence-corrected chi connectivity index (χ1v) is 16.4. The van der Waals surface area contributed by atoms with Crippen molar-refractivity contribution in [2.24, 2.45) is 0 Å². The van der Waals surface area contributed by atoms with Crippen molar-refractivity contribution in [3.05, 3.63) is 0 Å². The molecule has 2 N–H and O–H groups in total. The molecule has 0 unspecified atom stereocenters. The lowest BCUT2D eigenvalue weighted by Crippen LogP contribution is -1.88. The topological polar surface area (TPSA) is 57.5 Å². The van der Waals surface area contributed by atoms with Crippen LogP contribution in [0.5, 0.6) is 0 Å². The zero-order valence-corrected chi connectivity index (χ0v) is 22.7. The molecule has 0 aliphatic rings. The third-order valence-corrected chi connectivity index (χ3v) is 7.70. The van der Waals surface area contributed by atoms with Gasteiger partial charge in [-0.15, -0.1) is 0 Å². The van der Waals surface area contributed by atoms with Crippen LogP contribution >= 0.6 is 7.60 Å². The van der Waals surface area contributed by atoms with E-state index in [4.69, 9.17) is 9.79 Å². The van der Waals surface area contributed by atoms with E-state index in [1.54, 1.807) is 0 Å². The zero-order valence-electron chi connectivity index (χ0n) is 21.8. The second-order valence-corrected chi connectivity index (χ2v) is 12.0. The largest absolute Gasteiger partial charge is 0.325 e. The average Bonchev–Trinajstić information content (AvgIpc) is 2.75. The van der Waals surface area contributed by atoms with Crippen LogP contribution in [-0.4, -0.2) is 15.9 Å². The predicted octanol–water partition coefficient (Wildman–Crippen LogP) is 10.3. The monoisotopic (exact) mass is 474 g/mol. The zero-order chi connectivity index (χ0) is 23.6. The van der Waals surface area contributed by atoms with Crippen LogP contribution in [0.4, 0.5) is 0 Å². The van der Waals surface area contributed by atoms with Gasteiger partial charge in [0, 0.05) is 6.16 Å². The Kier molecular flexibility index (Phi) is 25.9. The smallest absolute Gasteiger partial charge is 0.324 e. The molecule has 0 rings (SSSR count). The van der Waals surface area contributed by atoms with Gasteiger partial charge in [0.2, 0.25) is 0 Å². The van der Waals surface area contributed by atoms with Crippen LogP contribution in [0, 0.1) is 0 Å². The van der Waals surface area contributed by atoms with Crippen molar-refractivity contribution < 1.29 is 14.4 Å². The van der Waals surface area contributed by atoms with Crippen LogP contribution in [0.3, 0.4) is 0 Å². The molecule has 0 radical (unpaired) electrons. The lowest BCUT2D eigenvalue weighted by atomic mass is 10.0. The van der Waals surface area contributed by atoms with Crippen molar-refractivity contribution in [3.8, 4) is 0 Å². The molecule has 0 spiro atoms. The number of hydrogen-bond donors (Lipinski definition) is 2. The van der Waals surface area contributed by atoms with Crippen LogP contribution in [0.2, 0.25) is 0 Å². The second kappa shape index (κ2) is 25.8. The highest BCUT2D eigenvalue weighted by molar-refractivity contribution is 7.51. The maximum atomic E-state index is 10.8. The molecule has 0 aliphatic heterocycles. The SMILES string of the molecule is CCCCCCCCCCCCCCCCCCCCCCCCCCCCP(=O)(O)O. The lowest BCUT2D eigenvalue weighted by molar-refractivity contribution is 0.370. The van der Waals surface area contributed by atoms with E-state index in [1.165, 1.54) is 148 Å². The Balaban J connectivity index is 3.03. The van der Waals surface area contributed by atoms with E-state index in [2.05, 4.69) is 6.92 Å². The van der Waals surface area contributed by atoms with E-state index < -0.39 is 7.60 Å². The maximum absolute atomic E-state index is 10.8. The van der Waals surface area contributed by atoms with E-state index in [0.29, 0.717) is 6.42 Å². The molecular weight excluding hydrogens is 415 g/mol. The van der Waals surface area contributed by atoms with E-state index in [9.17, 15) is 4.57 Å². The van der Waals surface area contributed by atoms with Gasteiger partial charge >= 0.3 is 7.60 Å². The van der Waals surface area contributed by atoms with Gasteiger partial charge in [-0.3, -0.25) is 4.57 Å². The van der Waals surface area contributed by atoms with Gasteiger partial charge < -0.3 is 9.79 Å². The second-order valence-electron chi connectivity index (χ2n) is 10.2. The highest BCUT2D eigenvalue weighted by Crippen LogP contribution is 2.35. The molecule has 0 heterocycles. The minimum Gasteiger partial charge on any atom is -0.324 e. The summed E-state index contributed by atoms with van der Waals surface area (Å²) in [6.45, 7) is 2.29. The van der Waals surface area contributed by atoms with Crippen molar-refractivity contribution in [2.75, 3.05) is 6.16 Å². The third kappa shape index (κ3) is 30.1. The molecule has 0 atom stereocenters. The summed E-state index contributed by atoms with van der Waals surface area (Å²) in [6.07, 6.45) is 35.4. The summed E-state index contributed by atoms with van der Waals surface area (Å²) in [4.78, 5) is 17.6. The van der Waals surface area contributed by atoms with Gasteiger partial charge in [-0.05, 0) is 6.42 Å². The molecule has 0 aliphatic carbocycles. The van der Waals surface area contributed by atoms with Crippen molar-refractivity contribution in [1.29, 1.82) is 0 Å². The number of rotatable bonds is 27. The first kappa shape index (κ1) is 32.1. The first-order valence-electron chi connectivity index (χ1n) is 14.6. The van der Waals surface area contributed by atoms with E-state index in [-0.39, 0.29) is 6.16 Å². The molecule has 0 aromatic carbocycles. The summed E-state index contributed by atoms with van der Waals surface area (Å²) < 4.78 is 10.8. The highest BCUT2D eigenvalue weighted by Gasteiger charge is 2.10. The molecule has 32 heavy (non-hydrogen) atoms. The Labute approximate surface area is 202 Å². The Morgan fingerprint density at radius 3 is 0.750 bits per heavy atom. The van der Waals surface area contributed by atoms with Crippen LogP contribution < -0.4 is 0 Å². The summed E-state index contributed by atoms with van der Waals surface area (Å²) in [6, 6.07) is 0. The fraction of sp³-hybridized carbons (Fsp3) is 1.00. The molecule has 3 nitrogen and oxygen atoms in total. The predicted molar refractivity (Wildman–Crippen MR) is 143 cm³/mol. The standard InChI is InChI=1S/C28H59O3P/c1-2-3-4-5-6-7-8-9-10-11-12-13-14-15-16-17-18-19-20-21-22-23-24-25-26-27-28-32(29,30)31/h2-28H2,1H3,(H2,29,30,31). The summed E-state index contributed by atoms with van der Waals surface area (Å²) in [5.41, 5.74) is 0. The molecular formula is C28H59O3P. The van der Waals surface area contributed by atoms with Gasteiger partial charge in [0.1, 0.15) is 0 Å². The van der Waals surface area contributed by atoms with Crippen molar-refractivity contribution >= 4 is 7.60 Å². The van der Waals surface area contributed by atoms with Gasteiger partial charge in [0.15, 0.2) is 0 Å². The molecule has 4 heteroatoms. The quantitative estimate of drug-likeness (QED) is 0.0919. The summed E-state index contributed by atoms with van der Waals surface area (Å²) in [5.74, 6) is 0. The molecule has 0 fully saturated rings. The molecule has 0 saturated carbocycles. The summed E-state index contributed by atoms with van der Waals surface area (Å²) >= 11 is 0. The average molecular weight is 475 g/mol. The number of unbranched alkanes of at least 4 members (excludes halogenated alkanes) is 25. The van der Waals surface area contributed by atoms with Crippen LogP contribution in [0.1, 0.15) is 174 Å². The molecule has 0 saturated heterocycles. The fourth-order valence-electron chi connectivity index (χ4n) is 4.63. The minimum atomic E-state index is -3.77. The minimum absolute atomic E-state index is 0.0619. The van der Waals surface area contributed by atoms with E-state index >= 15 is 0 Å². The third-order valence-electron chi connectivity index (χ3n) is 6.80. The molecule has 0 bridgehead atoms. The molecule has 0 amide bonds. The fourth-order valence-corrected chi connectivity index (χ4v) is 5.27. The van der Waals surface area contributed by atoms with Gasteiger partial charge in [-0.2, -0.15) is 0 Å². The normalized spacial score (nSPS) is 12.0. The molecule has 0 aromatic rings. The van der Waals surface area contributed by atoms with Crippen LogP contribution in [0.25, 0.3) is 0 Å². The summed E-state index contributed by atoms with van der Waals surface area (Å²) in [5, 5.41) is 0. The Hall–Kier alpha value is 0.150. The van der Waals surface area contributed by atoms with Gasteiger partial charge in [-0.1, -0.05) is 167 Å². The first-order chi connectivity index (χ1) is 15.6. The summed E-state index contributed by atoms with van der Waals surface area (Å²) in [7, 11) is -3.77. The van der Waals surface area contributed by atoms with Gasteiger partial charge in [0.05, 0.1) is 0 Å². The van der Waals surface area contributed by atoms with Gasteiger partial charge in [-0.25, -0.2) is 0 Å². The van der Waals surface area contributed by atoms with Crippen molar-refractivity contribution in [1.82, 2.24) is 0 Å². The van der Waals surface area contributed by atoms with Crippen LogP contribution in [-0.2, 0) is 4.57 Å². The van der Waals surface area contributed by atoms with E-state index in [0.717, 1.165) is 12.8 Å². The van der Waals surface area contributed by atoms with E-state index in [1.807, 2.05) is 0 Å². The molecule has 0 aromatic heterocycles. The lowest BCUT2D eigenvalue weighted by Gasteiger charge is -2.05. The Bertz CT molecular complexity index is 394. The Morgan fingerprint density at radius 1 is 0.375 bits per heavy atom. The number of hydrogen-bond acceptors (Lipinski definition) is 1. The van der Waals surface area contributed by atoms with Crippen LogP contribution in [0.15, 0.2) is 0 Å². The molecule has 194 valence electrons. The highest BCUT2D eigenvalue weighted by atomic mass is 31.2. The maximum Gasteiger partial charge on any atom is 0.325 e.